The highest BCUT2D eigenvalue weighted by atomic mass is 19.1. The molecule has 0 aliphatic rings. The summed E-state index contributed by atoms with van der Waals surface area (Å²) in [5.74, 6) is 0.116. The van der Waals surface area contributed by atoms with Gasteiger partial charge in [0.1, 0.15) is 17.2 Å². The first-order chi connectivity index (χ1) is 14.0. The number of nitrogens with one attached hydrogen (secondary N) is 2. The predicted molar refractivity (Wildman–Crippen MR) is 110 cm³/mol. The van der Waals surface area contributed by atoms with Crippen molar-refractivity contribution in [2.24, 2.45) is 7.05 Å². The van der Waals surface area contributed by atoms with E-state index in [0.29, 0.717) is 12.2 Å². The van der Waals surface area contributed by atoms with E-state index in [9.17, 15) is 14.0 Å². The lowest BCUT2D eigenvalue weighted by atomic mass is 10.1. The van der Waals surface area contributed by atoms with Crippen LogP contribution in [0.1, 0.15) is 17.0 Å². The average Bonchev–Trinajstić information content (AvgIpc) is 3.15. The molecule has 148 valence electrons. The fraction of sp³-hybridized carbons (Fsp3) is 0.190. The second kappa shape index (κ2) is 7.38. The van der Waals surface area contributed by atoms with Crippen LogP contribution in [0.5, 0.6) is 0 Å². The van der Waals surface area contributed by atoms with E-state index < -0.39 is 17.1 Å². The molecule has 4 aromatic rings. The number of halogens is 1. The number of rotatable bonds is 5. The molecular weight excluding hydrogens is 373 g/mol. The summed E-state index contributed by atoms with van der Waals surface area (Å²) < 4.78 is 16.3. The van der Waals surface area contributed by atoms with Gasteiger partial charge < -0.3 is 10.3 Å². The lowest BCUT2D eigenvalue weighted by Gasteiger charge is -2.08. The van der Waals surface area contributed by atoms with E-state index in [1.807, 2.05) is 31.3 Å². The fourth-order valence-corrected chi connectivity index (χ4v) is 3.30. The summed E-state index contributed by atoms with van der Waals surface area (Å²) >= 11 is 0. The van der Waals surface area contributed by atoms with Crippen molar-refractivity contribution in [3.05, 3.63) is 92.1 Å². The van der Waals surface area contributed by atoms with Gasteiger partial charge in [0, 0.05) is 31.8 Å². The number of anilines is 1. The van der Waals surface area contributed by atoms with Crippen LogP contribution in [0.2, 0.25) is 0 Å². The molecule has 4 rings (SSSR count). The zero-order valence-corrected chi connectivity index (χ0v) is 16.1. The van der Waals surface area contributed by atoms with Crippen molar-refractivity contribution in [2.75, 3.05) is 12.4 Å². The van der Waals surface area contributed by atoms with Gasteiger partial charge in [-0.25, -0.2) is 14.2 Å². The zero-order valence-electron chi connectivity index (χ0n) is 16.1. The van der Waals surface area contributed by atoms with Crippen LogP contribution >= 0.6 is 0 Å². The largest absolute Gasteiger partial charge is 0.388 e. The molecule has 0 saturated carbocycles. The van der Waals surface area contributed by atoms with Crippen LogP contribution in [0.3, 0.4) is 0 Å². The molecule has 7 nitrogen and oxygen atoms in total. The summed E-state index contributed by atoms with van der Waals surface area (Å²) in [6.07, 6.45) is 0.486. The van der Waals surface area contributed by atoms with Gasteiger partial charge in [-0.15, -0.1) is 0 Å². The third kappa shape index (κ3) is 3.44. The molecule has 2 N–H and O–H groups in total. The maximum absolute atomic E-state index is 14.0. The first-order valence-corrected chi connectivity index (χ1v) is 9.16. The van der Waals surface area contributed by atoms with Crippen molar-refractivity contribution in [2.45, 2.75) is 13.0 Å². The van der Waals surface area contributed by atoms with Crippen LogP contribution in [0, 0.1) is 5.82 Å². The number of benzene rings is 2. The number of aromatic amines is 1. The molecule has 0 spiro atoms. The molecule has 2 heterocycles. The number of imidazole rings is 1. The molecule has 8 heteroatoms. The van der Waals surface area contributed by atoms with Gasteiger partial charge in [-0.1, -0.05) is 30.3 Å². The number of aryl methyl sites for hydroxylation is 1. The zero-order chi connectivity index (χ0) is 20.5. The standard InChI is InChI=1S/C21H20FN5O2/c1-23-15-9-7-13(8-10-15)11-17-24-18-19(25-17)26(2)21(29)27(20(18)28)12-14-5-3-4-6-16(14)22/h3-10,23H,11-12H2,1-2H3,(H,24,25). The maximum Gasteiger partial charge on any atom is 0.332 e. The van der Waals surface area contributed by atoms with Crippen LogP contribution in [0.25, 0.3) is 11.2 Å². The number of hydrogen-bond donors (Lipinski definition) is 2. The van der Waals surface area contributed by atoms with Crippen LogP contribution in [0.15, 0.2) is 58.1 Å². The Hall–Kier alpha value is -3.68. The normalized spacial score (nSPS) is 11.1. The summed E-state index contributed by atoms with van der Waals surface area (Å²) in [6, 6.07) is 13.9. The average molecular weight is 393 g/mol. The van der Waals surface area contributed by atoms with Gasteiger partial charge in [0.15, 0.2) is 5.65 Å². The van der Waals surface area contributed by atoms with Crippen LogP contribution < -0.4 is 16.6 Å². The van der Waals surface area contributed by atoms with Gasteiger partial charge >= 0.3 is 5.69 Å². The van der Waals surface area contributed by atoms with Crippen molar-refractivity contribution in [3.8, 4) is 0 Å². The Kier molecular flexibility index (Phi) is 4.75. The topological polar surface area (TPSA) is 84.7 Å². The molecular formula is C21H20FN5O2. The van der Waals surface area contributed by atoms with E-state index in [0.717, 1.165) is 15.8 Å². The first kappa shape index (κ1) is 18.7. The third-order valence-electron chi connectivity index (χ3n) is 4.93. The molecule has 0 atom stereocenters. The molecule has 0 aliphatic carbocycles. The Morgan fingerprint density at radius 2 is 1.83 bits per heavy atom. The van der Waals surface area contributed by atoms with Gasteiger partial charge in [-0.3, -0.25) is 13.9 Å². The predicted octanol–water partition coefficient (Wildman–Crippen LogP) is 2.24. The van der Waals surface area contributed by atoms with Crippen molar-refractivity contribution in [1.29, 1.82) is 0 Å². The molecule has 0 aliphatic heterocycles. The lowest BCUT2D eigenvalue weighted by Crippen LogP contribution is -2.39. The highest BCUT2D eigenvalue weighted by Gasteiger charge is 2.16. The number of fused-ring (bicyclic) bond motifs is 1. The fourth-order valence-electron chi connectivity index (χ4n) is 3.30. The minimum Gasteiger partial charge on any atom is -0.388 e. The van der Waals surface area contributed by atoms with E-state index in [1.165, 1.54) is 10.6 Å². The Morgan fingerprint density at radius 3 is 2.52 bits per heavy atom. The Balaban J connectivity index is 1.75. The van der Waals surface area contributed by atoms with Crippen LogP contribution in [-0.4, -0.2) is 26.1 Å². The smallest absolute Gasteiger partial charge is 0.332 e. The van der Waals surface area contributed by atoms with Gasteiger partial charge in [-0.2, -0.15) is 0 Å². The molecule has 2 aromatic heterocycles. The Bertz CT molecular complexity index is 1300. The van der Waals surface area contributed by atoms with Crippen molar-refractivity contribution in [1.82, 2.24) is 19.1 Å². The number of nitrogens with zero attached hydrogens (tertiary/aromatic N) is 3. The summed E-state index contributed by atoms with van der Waals surface area (Å²) in [5.41, 5.74) is 1.74. The monoisotopic (exact) mass is 393 g/mol. The Labute approximate surface area is 165 Å². The molecule has 0 bridgehead atoms. The maximum atomic E-state index is 14.0. The minimum absolute atomic E-state index is 0.145. The second-order valence-corrected chi connectivity index (χ2v) is 6.83. The molecule has 0 radical (unpaired) electrons. The minimum atomic E-state index is -0.540. The highest BCUT2D eigenvalue weighted by Crippen LogP contribution is 2.14. The van der Waals surface area contributed by atoms with Crippen molar-refractivity contribution < 1.29 is 4.39 Å². The molecule has 0 saturated heterocycles. The SMILES string of the molecule is CNc1ccc(Cc2nc3c([nH]2)c(=O)n(Cc2ccccc2F)c(=O)n3C)cc1. The second-order valence-electron chi connectivity index (χ2n) is 6.83. The summed E-state index contributed by atoms with van der Waals surface area (Å²) in [5, 5.41) is 3.06. The van der Waals surface area contributed by atoms with Gasteiger partial charge in [0.2, 0.25) is 0 Å². The van der Waals surface area contributed by atoms with Crippen LogP contribution in [0.4, 0.5) is 10.1 Å². The highest BCUT2D eigenvalue weighted by molar-refractivity contribution is 5.69. The number of H-pyrrole nitrogens is 1. The molecule has 29 heavy (non-hydrogen) atoms. The summed E-state index contributed by atoms with van der Waals surface area (Å²) in [4.78, 5) is 33.1. The third-order valence-corrected chi connectivity index (χ3v) is 4.93. The van der Waals surface area contributed by atoms with Crippen molar-refractivity contribution >= 4 is 16.9 Å². The van der Waals surface area contributed by atoms with E-state index in [-0.39, 0.29) is 23.3 Å². The Morgan fingerprint density at radius 1 is 1.10 bits per heavy atom. The molecule has 0 fully saturated rings. The number of hydrogen-bond acceptors (Lipinski definition) is 4. The van der Waals surface area contributed by atoms with E-state index in [4.69, 9.17) is 0 Å². The van der Waals surface area contributed by atoms with Gasteiger partial charge in [-0.05, 0) is 23.8 Å². The van der Waals surface area contributed by atoms with E-state index in [1.54, 1.807) is 25.2 Å². The van der Waals surface area contributed by atoms with Crippen LogP contribution in [-0.2, 0) is 20.0 Å². The molecule has 0 unspecified atom stereocenters. The molecule has 2 aromatic carbocycles. The first-order valence-electron chi connectivity index (χ1n) is 9.16. The van der Waals surface area contributed by atoms with E-state index >= 15 is 0 Å². The van der Waals surface area contributed by atoms with E-state index in [2.05, 4.69) is 15.3 Å². The quantitative estimate of drug-likeness (QED) is 0.545. The van der Waals surface area contributed by atoms with Gasteiger partial charge in [0.05, 0.1) is 6.54 Å². The van der Waals surface area contributed by atoms with Crippen molar-refractivity contribution in [3.63, 3.8) is 0 Å². The summed E-state index contributed by atoms with van der Waals surface area (Å²) in [7, 11) is 3.40. The molecule has 0 amide bonds. The number of aromatic nitrogens is 4. The summed E-state index contributed by atoms with van der Waals surface area (Å²) in [6.45, 7) is -0.145. The lowest BCUT2D eigenvalue weighted by molar-refractivity contribution is 0.582. The van der Waals surface area contributed by atoms with Gasteiger partial charge in [0.25, 0.3) is 5.56 Å².